The summed E-state index contributed by atoms with van der Waals surface area (Å²) in [5.74, 6) is -1.25. The first kappa shape index (κ1) is 22.9. The highest BCUT2D eigenvalue weighted by atomic mass is 35.5. The van der Waals surface area contributed by atoms with Gasteiger partial charge in [-0.2, -0.15) is 0 Å². The Hall–Kier alpha value is -2.82. The van der Waals surface area contributed by atoms with Crippen LogP contribution in [0.2, 0.25) is 4.34 Å². The summed E-state index contributed by atoms with van der Waals surface area (Å²) in [4.78, 5) is 37.7. The second-order valence-electron chi connectivity index (χ2n) is 6.62. The highest BCUT2D eigenvalue weighted by Crippen LogP contribution is 2.43. The number of non-ortho nitro benzene ring substituents is 1. The van der Waals surface area contributed by atoms with E-state index in [-0.39, 0.29) is 17.5 Å². The Bertz CT molecular complexity index is 1070. The number of benzene rings is 1. The lowest BCUT2D eigenvalue weighted by atomic mass is 9.94. The number of thiophene rings is 1. The zero-order chi connectivity index (χ0) is 22.8. The molecule has 31 heavy (non-hydrogen) atoms. The molecule has 8 nitrogen and oxygen atoms in total. The van der Waals surface area contributed by atoms with E-state index in [1.54, 1.807) is 26.0 Å². The molecule has 1 amide bonds. The number of rotatable bonds is 6. The highest BCUT2D eigenvalue weighted by Gasteiger charge is 2.57. The molecule has 0 radical (unpaired) electrons. The third-order valence-electron chi connectivity index (χ3n) is 4.61. The molecule has 11 heteroatoms. The first-order valence-corrected chi connectivity index (χ1v) is 10.7. The normalized spacial score (nSPS) is 20.7. The van der Waals surface area contributed by atoms with Gasteiger partial charge in [0.2, 0.25) is 0 Å². The van der Waals surface area contributed by atoms with Crippen molar-refractivity contribution in [3.05, 3.63) is 67.4 Å². The van der Waals surface area contributed by atoms with Gasteiger partial charge in [-0.15, -0.1) is 11.3 Å². The van der Waals surface area contributed by atoms with E-state index in [0.717, 1.165) is 4.90 Å². The summed E-state index contributed by atoms with van der Waals surface area (Å²) in [6, 6.07) is 7.88. The standard InChI is InChI=1S/C20H17ClN2O6S2/c1-3-28-18(25)17-20(2,14-9-10-15(21)31-14)29-19(30)22(17)16(24)11-6-12-4-7-13(8-5-12)23(26)27/h4-11,17H,3H2,1-2H3/b11-6+. The zero-order valence-corrected chi connectivity index (χ0v) is 18.8. The second kappa shape index (κ2) is 9.13. The van der Waals surface area contributed by atoms with Gasteiger partial charge in [-0.1, -0.05) is 11.6 Å². The first-order valence-electron chi connectivity index (χ1n) is 9.08. The molecule has 1 saturated heterocycles. The van der Waals surface area contributed by atoms with Crippen molar-refractivity contribution in [2.45, 2.75) is 25.5 Å². The molecule has 1 aromatic heterocycles. The lowest BCUT2D eigenvalue weighted by Crippen LogP contribution is -2.50. The molecule has 1 aromatic carbocycles. The van der Waals surface area contributed by atoms with Gasteiger partial charge in [-0.05, 0) is 62.0 Å². The van der Waals surface area contributed by atoms with Crippen molar-refractivity contribution in [3.8, 4) is 0 Å². The molecule has 0 aliphatic carbocycles. The fourth-order valence-electron chi connectivity index (χ4n) is 3.13. The summed E-state index contributed by atoms with van der Waals surface area (Å²) >= 11 is 12.5. The maximum Gasteiger partial charge on any atom is 0.334 e. The number of halogens is 1. The number of nitro groups is 1. The molecule has 0 spiro atoms. The van der Waals surface area contributed by atoms with Crippen LogP contribution in [0.4, 0.5) is 5.69 Å². The van der Waals surface area contributed by atoms with E-state index in [1.165, 1.54) is 47.8 Å². The minimum atomic E-state index is -1.27. The molecule has 1 aliphatic heterocycles. The van der Waals surface area contributed by atoms with Gasteiger partial charge in [-0.25, -0.2) is 4.79 Å². The van der Waals surface area contributed by atoms with Gasteiger partial charge >= 0.3 is 5.97 Å². The summed E-state index contributed by atoms with van der Waals surface area (Å²) in [5, 5.41) is 10.6. The molecule has 0 bridgehead atoms. The molecular weight excluding hydrogens is 464 g/mol. The van der Waals surface area contributed by atoms with Crippen molar-refractivity contribution >= 4 is 64.0 Å². The van der Waals surface area contributed by atoms with Gasteiger partial charge in [0.15, 0.2) is 11.6 Å². The molecule has 1 aliphatic rings. The monoisotopic (exact) mass is 480 g/mol. The molecule has 162 valence electrons. The molecule has 3 rings (SSSR count). The van der Waals surface area contributed by atoms with Gasteiger partial charge in [-0.3, -0.25) is 19.8 Å². The summed E-state index contributed by atoms with van der Waals surface area (Å²) in [6.07, 6.45) is 2.69. The van der Waals surface area contributed by atoms with Crippen LogP contribution in [0.15, 0.2) is 42.5 Å². The van der Waals surface area contributed by atoms with E-state index < -0.39 is 28.4 Å². The molecule has 2 aromatic rings. The number of amides is 1. The Morgan fingerprint density at radius 1 is 1.35 bits per heavy atom. The molecule has 2 unspecified atom stereocenters. The van der Waals surface area contributed by atoms with Crippen molar-refractivity contribution in [1.29, 1.82) is 0 Å². The Morgan fingerprint density at radius 2 is 2.03 bits per heavy atom. The van der Waals surface area contributed by atoms with Crippen molar-refractivity contribution in [1.82, 2.24) is 4.90 Å². The third-order valence-corrected chi connectivity index (χ3v) is 6.34. The van der Waals surface area contributed by atoms with Crippen molar-refractivity contribution in [2.75, 3.05) is 6.61 Å². The average Bonchev–Trinajstić information content (AvgIpc) is 3.28. The van der Waals surface area contributed by atoms with Crippen molar-refractivity contribution < 1.29 is 24.0 Å². The third kappa shape index (κ3) is 4.60. The van der Waals surface area contributed by atoms with Gasteiger partial charge in [0.05, 0.1) is 20.7 Å². The molecule has 2 atom stereocenters. The Kier molecular flexibility index (Phi) is 6.73. The number of nitrogens with zero attached hydrogens (tertiary/aromatic N) is 2. The van der Waals surface area contributed by atoms with Crippen LogP contribution in [0.3, 0.4) is 0 Å². The van der Waals surface area contributed by atoms with E-state index in [1.807, 2.05) is 0 Å². The number of esters is 1. The second-order valence-corrected chi connectivity index (χ2v) is 8.69. The van der Waals surface area contributed by atoms with Crippen LogP contribution in [0.25, 0.3) is 6.08 Å². The maximum atomic E-state index is 13.0. The van der Waals surface area contributed by atoms with Crippen LogP contribution < -0.4 is 0 Å². The number of hydrogen-bond acceptors (Lipinski definition) is 8. The predicted molar refractivity (Wildman–Crippen MR) is 120 cm³/mol. The average molecular weight is 481 g/mol. The van der Waals surface area contributed by atoms with Crippen LogP contribution in [-0.4, -0.2) is 39.5 Å². The smallest absolute Gasteiger partial charge is 0.334 e. The molecule has 2 heterocycles. The first-order chi connectivity index (χ1) is 14.7. The quantitative estimate of drug-likeness (QED) is 0.199. The van der Waals surface area contributed by atoms with Crippen molar-refractivity contribution in [3.63, 3.8) is 0 Å². The lowest BCUT2D eigenvalue weighted by molar-refractivity contribution is -0.384. The fraction of sp³-hybridized carbons (Fsp3) is 0.250. The van der Waals surface area contributed by atoms with Crippen LogP contribution in [0.1, 0.15) is 24.3 Å². The maximum absolute atomic E-state index is 13.0. The Labute approximate surface area is 192 Å². The number of carbonyl (C=O) groups is 2. The van der Waals surface area contributed by atoms with E-state index in [4.69, 9.17) is 33.3 Å². The Balaban J connectivity index is 1.91. The van der Waals surface area contributed by atoms with Crippen LogP contribution >= 0.6 is 35.2 Å². The summed E-state index contributed by atoms with van der Waals surface area (Å²) in [6.45, 7) is 3.42. The van der Waals surface area contributed by atoms with E-state index in [2.05, 4.69) is 0 Å². The van der Waals surface area contributed by atoms with Crippen LogP contribution in [0, 0.1) is 10.1 Å². The zero-order valence-electron chi connectivity index (χ0n) is 16.4. The Morgan fingerprint density at radius 3 is 2.58 bits per heavy atom. The number of nitro benzene ring substituents is 1. The topological polar surface area (TPSA) is 99.0 Å². The van der Waals surface area contributed by atoms with E-state index >= 15 is 0 Å². The SMILES string of the molecule is CCOC(=O)C1N(C(=O)/C=C/c2ccc([N+](=O)[O-])cc2)C(=S)OC1(C)c1ccc(Cl)s1. The highest BCUT2D eigenvalue weighted by molar-refractivity contribution is 7.80. The summed E-state index contributed by atoms with van der Waals surface area (Å²) in [5.41, 5.74) is -0.770. The van der Waals surface area contributed by atoms with Gasteiger partial charge < -0.3 is 9.47 Å². The number of ether oxygens (including phenoxy) is 2. The molecule has 0 saturated carbocycles. The minimum absolute atomic E-state index is 0.0645. The van der Waals surface area contributed by atoms with Gasteiger partial charge in [0, 0.05) is 18.2 Å². The predicted octanol–water partition coefficient (Wildman–Crippen LogP) is 4.31. The molecule has 0 N–H and O–H groups in total. The van der Waals surface area contributed by atoms with Crippen LogP contribution in [0.5, 0.6) is 0 Å². The number of carbonyl (C=O) groups excluding carboxylic acids is 2. The minimum Gasteiger partial charge on any atom is -0.464 e. The number of hydrogen-bond donors (Lipinski definition) is 0. The summed E-state index contributed by atoms with van der Waals surface area (Å²) in [7, 11) is 0. The lowest BCUT2D eigenvalue weighted by Gasteiger charge is -2.28. The van der Waals surface area contributed by atoms with E-state index in [0.29, 0.717) is 14.8 Å². The van der Waals surface area contributed by atoms with Gasteiger partial charge in [0.1, 0.15) is 0 Å². The van der Waals surface area contributed by atoms with Crippen molar-refractivity contribution in [2.24, 2.45) is 0 Å². The van der Waals surface area contributed by atoms with Gasteiger partial charge in [0.25, 0.3) is 16.8 Å². The van der Waals surface area contributed by atoms with E-state index in [9.17, 15) is 19.7 Å². The van der Waals surface area contributed by atoms with Crippen LogP contribution in [-0.2, 0) is 24.7 Å². The fourth-order valence-corrected chi connectivity index (χ4v) is 4.65. The molecular formula is C20H17ClN2O6S2. The largest absolute Gasteiger partial charge is 0.464 e. The summed E-state index contributed by atoms with van der Waals surface area (Å²) < 4.78 is 11.5. The number of thiocarbonyl (C=S) groups is 1. The molecule has 1 fully saturated rings.